The van der Waals surface area contributed by atoms with E-state index in [1.165, 1.54) is 16.8 Å². The fraction of sp³-hybridized carbons (Fsp3) is 0.435. The Morgan fingerprint density at radius 2 is 1.75 bits per heavy atom. The van der Waals surface area contributed by atoms with E-state index < -0.39 is 0 Å². The zero-order chi connectivity index (χ0) is 19.5. The maximum Gasteiger partial charge on any atom is 0.227 e. The first kappa shape index (κ1) is 19.3. The molecule has 148 valence electrons. The van der Waals surface area contributed by atoms with Crippen molar-refractivity contribution >= 4 is 28.9 Å². The summed E-state index contributed by atoms with van der Waals surface area (Å²) >= 11 is 6.12. The van der Waals surface area contributed by atoms with Crippen LogP contribution >= 0.6 is 11.6 Å². The van der Waals surface area contributed by atoms with Crippen LogP contribution in [-0.4, -0.2) is 50.1 Å². The van der Waals surface area contributed by atoms with Gasteiger partial charge in [-0.1, -0.05) is 29.8 Å². The van der Waals surface area contributed by atoms with E-state index in [4.69, 9.17) is 11.6 Å². The minimum absolute atomic E-state index is 0.267. The molecule has 0 saturated carbocycles. The molecule has 0 aliphatic carbocycles. The summed E-state index contributed by atoms with van der Waals surface area (Å²) in [5.41, 5.74) is 4.98. The molecule has 5 heteroatoms. The maximum absolute atomic E-state index is 12.5. The Labute approximate surface area is 172 Å². The number of anilines is 2. The third kappa shape index (κ3) is 4.18. The lowest BCUT2D eigenvalue weighted by atomic mass is 9.96. The Morgan fingerprint density at radius 3 is 2.54 bits per heavy atom. The number of nitrogens with zero attached hydrogens (tertiary/aromatic N) is 3. The van der Waals surface area contributed by atoms with Gasteiger partial charge in [-0.05, 0) is 61.7 Å². The van der Waals surface area contributed by atoms with Gasteiger partial charge in [-0.2, -0.15) is 0 Å². The van der Waals surface area contributed by atoms with Crippen LogP contribution in [0.15, 0.2) is 42.5 Å². The Kier molecular flexibility index (Phi) is 5.88. The number of aryl methyl sites for hydroxylation is 1. The number of hydrogen-bond acceptors (Lipinski definition) is 3. The fourth-order valence-corrected chi connectivity index (χ4v) is 4.55. The number of piperazine rings is 1. The van der Waals surface area contributed by atoms with Crippen molar-refractivity contribution in [3.8, 4) is 0 Å². The Hall–Kier alpha value is -2.04. The average Bonchev–Trinajstić information content (AvgIpc) is 2.70. The molecular weight excluding hydrogens is 370 g/mol. The molecule has 0 spiro atoms. The molecule has 0 bridgehead atoms. The average molecular weight is 398 g/mol. The van der Waals surface area contributed by atoms with Crippen LogP contribution in [0, 0.1) is 6.92 Å². The van der Waals surface area contributed by atoms with Crippen LogP contribution in [0.25, 0.3) is 0 Å². The van der Waals surface area contributed by atoms with Gasteiger partial charge >= 0.3 is 0 Å². The monoisotopic (exact) mass is 397 g/mol. The number of benzene rings is 2. The zero-order valence-corrected chi connectivity index (χ0v) is 17.3. The van der Waals surface area contributed by atoms with Gasteiger partial charge in [0.05, 0.1) is 0 Å². The normalized spacial score (nSPS) is 17.7. The highest BCUT2D eigenvalue weighted by Crippen LogP contribution is 2.30. The summed E-state index contributed by atoms with van der Waals surface area (Å²) in [6.07, 6.45) is 2.52. The van der Waals surface area contributed by atoms with Gasteiger partial charge in [0, 0.05) is 55.5 Å². The molecule has 0 atom stereocenters. The number of carbonyl (C=O) groups is 1. The second-order valence-corrected chi connectivity index (χ2v) is 8.22. The number of amides is 1. The standard InChI is InChI=1S/C23H28ClN3O/c1-18-5-2-8-22-21(18)9-10-23(28)27(22)12-4-11-25-13-15-26(16-14-25)20-7-3-6-19(24)17-20/h2-3,5-8,17H,4,9-16H2,1H3. The first-order valence-corrected chi connectivity index (χ1v) is 10.6. The molecule has 0 unspecified atom stereocenters. The van der Waals surface area contributed by atoms with Crippen LogP contribution in [0.5, 0.6) is 0 Å². The van der Waals surface area contributed by atoms with E-state index in [2.05, 4.69) is 41.0 Å². The van der Waals surface area contributed by atoms with Crippen molar-refractivity contribution in [1.29, 1.82) is 0 Å². The first-order chi connectivity index (χ1) is 13.6. The Bertz CT molecular complexity index is 845. The summed E-state index contributed by atoms with van der Waals surface area (Å²) in [4.78, 5) is 19.4. The minimum atomic E-state index is 0.267. The highest BCUT2D eigenvalue weighted by atomic mass is 35.5. The summed E-state index contributed by atoms with van der Waals surface area (Å²) in [5, 5.41) is 0.793. The SMILES string of the molecule is Cc1cccc2c1CCC(=O)N2CCCN1CCN(c2cccc(Cl)c2)CC1. The molecule has 1 fully saturated rings. The minimum Gasteiger partial charge on any atom is -0.369 e. The van der Waals surface area contributed by atoms with Gasteiger partial charge in [-0.3, -0.25) is 9.69 Å². The van der Waals surface area contributed by atoms with E-state index in [1.807, 2.05) is 23.1 Å². The molecule has 2 aromatic carbocycles. The summed E-state index contributed by atoms with van der Waals surface area (Å²) in [6, 6.07) is 14.4. The fourth-order valence-electron chi connectivity index (χ4n) is 4.37. The van der Waals surface area contributed by atoms with Crippen LogP contribution in [0.4, 0.5) is 11.4 Å². The molecule has 2 aliphatic rings. The molecule has 1 amide bonds. The van der Waals surface area contributed by atoms with Crippen molar-refractivity contribution in [2.45, 2.75) is 26.2 Å². The van der Waals surface area contributed by atoms with Crippen molar-refractivity contribution in [3.05, 3.63) is 58.6 Å². The van der Waals surface area contributed by atoms with E-state index >= 15 is 0 Å². The predicted octanol–water partition coefficient (Wildman–Crippen LogP) is 4.14. The van der Waals surface area contributed by atoms with Crippen molar-refractivity contribution in [2.75, 3.05) is 49.1 Å². The third-order valence-electron chi connectivity index (χ3n) is 5.97. The largest absolute Gasteiger partial charge is 0.369 e. The maximum atomic E-state index is 12.5. The number of carbonyl (C=O) groups excluding carboxylic acids is 1. The second-order valence-electron chi connectivity index (χ2n) is 7.78. The highest BCUT2D eigenvalue weighted by molar-refractivity contribution is 6.30. The molecule has 2 aromatic rings. The predicted molar refractivity (Wildman–Crippen MR) is 117 cm³/mol. The molecule has 0 aromatic heterocycles. The van der Waals surface area contributed by atoms with E-state index in [0.717, 1.165) is 62.8 Å². The lowest BCUT2D eigenvalue weighted by Gasteiger charge is -2.37. The van der Waals surface area contributed by atoms with Gasteiger partial charge in [-0.15, -0.1) is 0 Å². The van der Waals surface area contributed by atoms with Gasteiger partial charge in [0.25, 0.3) is 0 Å². The van der Waals surface area contributed by atoms with E-state index in [1.54, 1.807) is 0 Å². The van der Waals surface area contributed by atoms with Crippen LogP contribution in [0.2, 0.25) is 5.02 Å². The van der Waals surface area contributed by atoms with Crippen molar-refractivity contribution in [1.82, 2.24) is 4.90 Å². The van der Waals surface area contributed by atoms with E-state index in [9.17, 15) is 4.79 Å². The van der Waals surface area contributed by atoms with E-state index in [-0.39, 0.29) is 5.91 Å². The second kappa shape index (κ2) is 8.54. The molecule has 2 aliphatic heterocycles. The number of fused-ring (bicyclic) bond motifs is 1. The molecule has 1 saturated heterocycles. The quantitative estimate of drug-likeness (QED) is 0.758. The number of rotatable bonds is 5. The summed E-state index contributed by atoms with van der Waals surface area (Å²) < 4.78 is 0. The Balaban J connectivity index is 1.29. The molecule has 2 heterocycles. The third-order valence-corrected chi connectivity index (χ3v) is 6.20. The zero-order valence-electron chi connectivity index (χ0n) is 16.5. The molecule has 4 rings (SSSR count). The van der Waals surface area contributed by atoms with Crippen LogP contribution in [0.1, 0.15) is 24.0 Å². The van der Waals surface area contributed by atoms with Gasteiger partial charge in [0.2, 0.25) is 5.91 Å². The topological polar surface area (TPSA) is 26.8 Å². The molecule has 0 N–H and O–H groups in total. The summed E-state index contributed by atoms with van der Waals surface area (Å²) in [6.45, 7) is 8.13. The summed E-state index contributed by atoms with van der Waals surface area (Å²) in [7, 11) is 0. The number of hydrogen-bond donors (Lipinski definition) is 0. The first-order valence-electron chi connectivity index (χ1n) is 10.2. The molecule has 4 nitrogen and oxygen atoms in total. The van der Waals surface area contributed by atoms with Gasteiger partial charge in [-0.25, -0.2) is 0 Å². The molecule has 0 radical (unpaired) electrons. The van der Waals surface area contributed by atoms with Gasteiger partial charge < -0.3 is 9.80 Å². The van der Waals surface area contributed by atoms with E-state index in [0.29, 0.717) is 6.42 Å². The van der Waals surface area contributed by atoms with Crippen LogP contribution < -0.4 is 9.80 Å². The van der Waals surface area contributed by atoms with Crippen molar-refractivity contribution in [2.24, 2.45) is 0 Å². The van der Waals surface area contributed by atoms with Gasteiger partial charge in [0.1, 0.15) is 0 Å². The highest BCUT2D eigenvalue weighted by Gasteiger charge is 2.25. The van der Waals surface area contributed by atoms with Gasteiger partial charge in [0.15, 0.2) is 0 Å². The lowest BCUT2D eigenvalue weighted by molar-refractivity contribution is -0.118. The number of halogens is 1. The van der Waals surface area contributed by atoms with Crippen molar-refractivity contribution < 1.29 is 4.79 Å². The summed E-state index contributed by atoms with van der Waals surface area (Å²) in [5.74, 6) is 0.267. The Morgan fingerprint density at radius 1 is 0.964 bits per heavy atom. The van der Waals surface area contributed by atoms with Crippen LogP contribution in [0.3, 0.4) is 0 Å². The molecular formula is C23H28ClN3O. The van der Waals surface area contributed by atoms with Crippen molar-refractivity contribution in [3.63, 3.8) is 0 Å². The molecule has 28 heavy (non-hydrogen) atoms. The smallest absolute Gasteiger partial charge is 0.227 e. The lowest BCUT2D eigenvalue weighted by Crippen LogP contribution is -2.47. The van der Waals surface area contributed by atoms with Crippen LogP contribution in [-0.2, 0) is 11.2 Å².